The summed E-state index contributed by atoms with van der Waals surface area (Å²) < 4.78 is 53.9. The number of nitrogens with zero attached hydrogens (tertiary/aromatic N) is 2. The van der Waals surface area contributed by atoms with Crippen molar-refractivity contribution in [1.82, 2.24) is 14.5 Å². The van der Waals surface area contributed by atoms with E-state index in [0.717, 1.165) is 12.1 Å². The summed E-state index contributed by atoms with van der Waals surface area (Å²) in [7, 11) is -4.04. The van der Waals surface area contributed by atoms with Crippen molar-refractivity contribution in [2.75, 3.05) is 0 Å². The first-order chi connectivity index (χ1) is 9.42. The summed E-state index contributed by atoms with van der Waals surface area (Å²) in [5.74, 6) is -1.96. The van der Waals surface area contributed by atoms with Crippen molar-refractivity contribution in [3.05, 3.63) is 47.8 Å². The largest absolute Gasteiger partial charge is 0.273 e. The Kier molecular flexibility index (Phi) is 4.15. The van der Waals surface area contributed by atoms with Crippen LogP contribution in [-0.4, -0.2) is 18.2 Å². The summed E-state index contributed by atoms with van der Waals surface area (Å²) in [4.78, 5) is -0.589. The molecule has 2 rings (SSSR count). The maximum atomic E-state index is 13.5. The van der Waals surface area contributed by atoms with E-state index in [2.05, 4.69) is 9.82 Å². The van der Waals surface area contributed by atoms with Gasteiger partial charge in [-0.25, -0.2) is 21.9 Å². The third-order valence-corrected chi connectivity index (χ3v) is 4.08. The molecule has 0 fully saturated rings. The number of nitrogens with one attached hydrogen (secondary N) is 1. The van der Waals surface area contributed by atoms with Crippen LogP contribution >= 0.6 is 0 Å². The van der Waals surface area contributed by atoms with E-state index in [9.17, 15) is 17.2 Å². The number of aromatic nitrogens is 2. The van der Waals surface area contributed by atoms with E-state index in [1.807, 2.05) is 6.92 Å². The van der Waals surface area contributed by atoms with E-state index < -0.39 is 26.6 Å². The molecular formula is C12H13F2N3O2S. The van der Waals surface area contributed by atoms with Crippen molar-refractivity contribution in [2.24, 2.45) is 0 Å². The van der Waals surface area contributed by atoms with Crippen LogP contribution in [0.5, 0.6) is 0 Å². The number of hydrogen-bond donors (Lipinski definition) is 1. The van der Waals surface area contributed by atoms with Gasteiger partial charge >= 0.3 is 0 Å². The Morgan fingerprint density at radius 2 is 2.05 bits per heavy atom. The van der Waals surface area contributed by atoms with Crippen LogP contribution in [0.4, 0.5) is 8.78 Å². The van der Waals surface area contributed by atoms with Crippen molar-refractivity contribution in [3.63, 3.8) is 0 Å². The molecule has 1 N–H and O–H groups in total. The van der Waals surface area contributed by atoms with Gasteiger partial charge in [0.15, 0.2) is 0 Å². The first-order valence-electron chi connectivity index (χ1n) is 5.89. The second-order valence-corrected chi connectivity index (χ2v) is 5.80. The van der Waals surface area contributed by atoms with E-state index in [1.165, 1.54) is 0 Å². The normalized spacial score (nSPS) is 11.8. The standard InChI is InChI=1S/C12H13F2N3O2S/c1-2-17-6-5-10(16-17)8-15-20(18,19)12-4-3-9(13)7-11(12)14/h3-7,15H,2,8H2,1H3. The van der Waals surface area contributed by atoms with Crippen LogP contribution in [0.2, 0.25) is 0 Å². The molecule has 0 aliphatic rings. The minimum absolute atomic E-state index is 0.0633. The predicted molar refractivity (Wildman–Crippen MR) is 68.3 cm³/mol. The Labute approximate surface area is 115 Å². The number of rotatable bonds is 5. The van der Waals surface area contributed by atoms with Crippen molar-refractivity contribution < 1.29 is 17.2 Å². The minimum Gasteiger partial charge on any atom is -0.273 e. The average Bonchev–Trinajstić information content (AvgIpc) is 2.84. The van der Waals surface area contributed by atoms with Crippen molar-refractivity contribution in [3.8, 4) is 0 Å². The molecule has 2 aromatic rings. The third kappa shape index (κ3) is 3.20. The fourth-order valence-electron chi connectivity index (χ4n) is 1.61. The summed E-state index contributed by atoms with van der Waals surface area (Å²) in [5.41, 5.74) is 0.512. The van der Waals surface area contributed by atoms with Gasteiger partial charge in [0.1, 0.15) is 16.5 Å². The lowest BCUT2D eigenvalue weighted by molar-refractivity contribution is 0.542. The smallest absolute Gasteiger partial charge is 0.243 e. The first-order valence-corrected chi connectivity index (χ1v) is 7.37. The quantitative estimate of drug-likeness (QED) is 0.913. The third-order valence-electron chi connectivity index (χ3n) is 2.65. The Balaban J connectivity index is 2.14. The van der Waals surface area contributed by atoms with Crippen molar-refractivity contribution in [2.45, 2.75) is 24.9 Å². The molecule has 1 aromatic carbocycles. The summed E-state index contributed by atoms with van der Waals surface area (Å²) >= 11 is 0. The predicted octanol–water partition coefficient (Wildman–Crippen LogP) is 1.66. The molecule has 20 heavy (non-hydrogen) atoms. The molecule has 108 valence electrons. The SMILES string of the molecule is CCn1ccc(CNS(=O)(=O)c2ccc(F)cc2F)n1. The van der Waals surface area contributed by atoms with Crippen LogP contribution < -0.4 is 4.72 Å². The average molecular weight is 301 g/mol. The van der Waals surface area contributed by atoms with E-state index in [4.69, 9.17) is 0 Å². The summed E-state index contributed by atoms with van der Waals surface area (Å²) in [6.07, 6.45) is 1.71. The molecule has 0 aliphatic heterocycles. The summed E-state index contributed by atoms with van der Waals surface area (Å²) in [6.45, 7) is 2.50. The van der Waals surface area contributed by atoms with Crippen LogP contribution in [0, 0.1) is 11.6 Å². The molecule has 1 heterocycles. The summed E-state index contributed by atoms with van der Waals surface area (Å²) in [6, 6.07) is 3.97. The van der Waals surface area contributed by atoms with Crippen LogP contribution in [0.15, 0.2) is 35.4 Å². The zero-order chi connectivity index (χ0) is 14.8. The highest BCUT2D eigenvalue weighted by atomic mass is 32.2. The Bertz CT molecular complexity index is 713. The minimum atomic E-state index is -4.04. The highest BCUT2D eigenvalue weighted by molar-refractivity contribution is 7.89. The second kappa shape index (κ2) is 5.68. The number of benzene rings is 1. The van der Waals surface area contributed by atoms with Crippen LogP contribution in [-0.2, 0) is 23.1 Å². The zero-order valence-corrected chi connectivity index (χ0v) is 11.5. The highest BCUT2D eigenvalue weighted by Crippen LogP contribution is 2.15. The Morgan fingerprint density at radius 3 is 2.65 bits per heavy atom. The van der Waals surface area contributed by atoms with Crippen molar-refractivity contribution >= 4 is 10.0 Å². The molecule has 0 unspecified atom stereocenters. The van der Waals surface area contributed by atoms with Gasteiger partial charge in [-0.15, -0.1) is 0 Å². The lowest BCUT2D eigenvalue weighted by Gasteiger charge is -2.06. The van der Waals surface area contributed by atoms with Crippen LogP contribution in [0.25, 0.3) is 0 Å². The highest BCUT2D eigenvalue weighted by Gasteiger charge is 2.19. The molecule has 8 heteroatoms. The van der Waals surface area contributed by atoms with Gasteiger partial charge in [0.25, 0.3) is 0 Å². The molecule has 0 spiro atoms. The Hall–Kier alpha value is -1.80. The second-order valence-electron chi connectivity index (χ2n) is 4.06. The van der Waals surface area contributed by atoms with Gasteiger partial charge in [-0.05, 0) is 25.1 Å². The fraction of sp³-hybridized carbons (Fsp3) is 0.250. The molecule has 0 saturated heterocycles. The number of aryl methyl sites for hydroxylation is 1. The molecule has 0 radical (unpaired) electrons. The van der Waals surface area contributed by atoms with Gasteiger partial charge in [0.2, 0.25) is 10.0 Å². The topological polar surface area (TPSA) is 64.0 Å². The van der Waals surface area contributed by atoms with Crippen LogP contribution in [0.1, 0.15) is 12.6 Å². The first kappa shape index (κ1) is 14.6. The number of sulfonamides is 1. The molecule has 0 amide bonds. The molecule has 1 aromatic heterocycles. The van der Waals surface area contributed by atoms with Gasteiger partial charge in [-0.1, -0.05) is 0 Å². The van der Waals surface area contributed by atoms with Crippen LogP contribution in [0.3, 0.4) is 0 Å². The lowest BCUT2D eigenvalue weighted by atomic mass is 10.3. The fourth-order valence-corrected chi connectivity index (χ4v) is 2.67. The number of halogens is 2. The maximum Gasteiger partial charge on any atom is 0.243 e. The van der Waals surface area contributed by atoms with E-state index in [0.29, 0.717) is 18.3 Å². The van der Waals surface area contributed by atoms with Gasteiger partial charge in [0.05, 0.1) is 12.2 Å². The number of hydrogen-bond acceptors (Lipinski definition) is 3. The molecular weight excluding hydrogens is 288 g/mol. The van der Waals surface area contributed by atoms with Gasteiger partial charge in [0, 0.05) is 18.8 Å². The van der Waals surface area contributed by atoms with Gasteiger partial charge in [-0.3, -0.25) is 4.68 Å². The lowest BCUT2D eigenvalue weighted by Crippen LogP contribution is -2.24. The summed E-state index contributed by atoms with van der Waals surface area (Å²) in [5, 5.41) is 4.10. The van der Waals surface area contributed by atoms with E-state index >= 15 is 0 Å². The molecule has 5 nitrogen and oxygen atoms in total. The van der Waals surface area contributed by atoms with E-state index in [-0.39, 0.29) is 6.54 Å². The molecule has 0 saturated carbocycles. The zero-order valence-electron chi connectivity index (χ0n) is 10.7. The maximum absolute atomic E-state index is 13.5. The molecule has 0 atom stereocenters. The molecule has 0 bridgehead atoms. The monoisotopic (exact) mass is 301 g/mol. The van der Waals surface area contributed by atoms with Crippen molar-refractivity contribution in [1.29, 1.82) is 0 Å². The molecule has 0 aliphatic carbocycles. The van der Waals surface area contributed by atoms with Gasteiger partial charge in [-0.2, -0.15) is 5.10 Å². The Morgan fingerprint density at radius 1 is 1.30 bits per heavy atom. The van der Waals surface area contributed by atoms with E-state index in [1.54, 1.807) is 16.9 Å². The van der Waals surface area contributed by atoms with Gasteiger partial charge < -0.3 is 0 Å².